The summed E-state index contributed by atoms with van der Waals surface area (Å²) in [7, 11) is 1.57. The van der Waals surface area contributed by atoms with Crippen LogP contribution >= 0.6 is 0 Å². The second-order valence-corrected chi connectivity index (χ2v) is 9.55. The van der Waals surface area contributed by atoms with Crippen molar-refractivity contribution in [2.75, 3.05) is 65.2 Å². The number of amides is 3. The Kier molecular flexibility index (Phi) is 9.04. The van der Waals surface area contributed by atoms with Crippen LogP contribution in [-0.4, -0.2) is 86.5 Å². The monoisotopic (exact) mass is 550 g/mol. The molecule has 11 heteroatoms. The first kappa shape index (κ1) is 27.4. The summed E-state index contributed by atoms with van der Waals surface area (Å²) in [5, 5.41) is 2.92. The molecule has 3 heterocycles. The Labute approximate surface area is 233 Å². The number of rotatable bonds is 11. The zero-order chi connectivity index (χ0) is 27.7. The van der Waals surface area contributed by atoms with Crippen LogP contribution in [0.15, 0.2) is 65.3 Å². The molecule has 0 spiro atoms. The maximum absolute atomic E-state index is 13.8. The van der Waals surface area contributed by atoms with Gasteiger partial charge < -0.3 is 38.5 Å². The van der Waals surface area contributed by atoms with Gasteiger partial charge in [0.25, 0.3) is 0 Å². The summed E-state index contributed by atoms with van der Waals surface area (Å²) in [5.41, 5.74) is 1.46. The fourth-order valence-corrected chi connectivity index (χ4v) is 4.59. The van der Waals surface area contributed by atoms with Crippen molar-refractivity contribution in [3.05, 3.63) is 72.2 Å². The van der Waals surface area contributed by atoms with E-state index in [1.807, 2.05) is 24.3 Å². The van der Waals surface area contributed by atoms with Crippen molar-refractivity contribution in [1.82, 2.24) is 14.7 Å². The molecule has 3 aromatic rings. The summed E-state index contributed by atoms with van der Waals surface area (Å²) in [5.74, 6) is 2.39. The highest BCUT2D eigenvalue weighted by Crippen LogP contribution is 2.33. The first-order valence-corrected chi connectivity index (χ1v) is 13.3. The quantitative estimate of drug-likeness (QED) is 0.387. The summed E-state index contributed by atoms with van der Waals surface area (Å²) in [6, 6.07) is 16.0. The molecule has 11 nitrogen and oxygen atoms in total. The van der Waals surface area contributed by atoms with Crippen LogP contribution in [-0.2, 0) is 22.6 Å². The minimum absolute atomic E-state index is 0.106. The summed E-state index contributed by atoms with van der Waals surface area (Å²) >= 11 is 0. The number of hydrogen-bond acceptors (Lipinski definition) is 8. The van der Waals surface area contributed by atoms with Crippen molar-refractivity contribution in [3.63, 3.8) is 0 Å². The number of ether oxygens (including phenoxy) is 4. The molecule has 2 aliphatic heterocycles. The van der Waals surface area contributed by atoms with Gasteiger partial charge in [0.15, 0.2) is 11.5 Å². The van der Waals surface area contributed by atoms with Crippen LogP contribution in [0.2, 0.25) is 0 Å². The lowest BCUT2D eigenvalue weighted by molar-refractivity contribution is -0.133. The second kappa shape index (κ2) is 13.2. The average Bonchev–Trinajstić information content (AvgIpc) is 3.67. The van der Waals surface area contributed by atoms with Gasteiger partial charge in [-0.2, -0.15) is 0 Å². The Morgan fingerprint density at radius 1 is 0.975 bits per heavy atom. The predicted molar refractivity (Wildman–Crippen MR) is 146 cm³/mol. The zero-order valence-corrected chi connectivity index (χ0v) is 22.5. The molecule has 0 atom stereocenters. The smallest absolute Gasteiger partial charge is 0.322 e. The van der Waals surface area contributed by atoms with Crippen LogP contribution in [0.4, 0.5) is 10.5 Å². The van der Waals surface area contributed by atoms with Gasteiger partial charge in [-0.15, -0.1) is 0 Å². The zero-order valence-electron chi connectivity index (χ0n) is 22.5. The lowest BCUT2D eigenvalue weighted by Gasteiger charge is -2.31. The topological polar surface area (TPSA) is 106 Å². The molecule has 1 fully saturated rings. The maximum Gasteiger partial charge on any atom is 0.322 e. The van der Waals surface area contributed by atoms with Crippen molar-refractivity contribution < 1.29 is 33.0 Å². The predicted octanol–water partition coefficient (Wildman–Crippen LogP) is 3.41. The minimum Gasteiger partial charge on any atom is -0.497 e. The van der Waals surface area contributed by atoms with Crippen molar-refractivity contribution >= 4 is 17.6 Å². The largest absolute Gasteiger partial charge is 0.497 e. The number of carbonyl (C=O) groups is 2. The van der Waals surface area contributed by atoms with E-state index in [9.17, 15) is 9.59 Å². The first-order valence-electron chi connectivity index (χ1n) is 13.3. The highest BCUT2D eigenvalue weighted by Gasteiger charge is 2.25. The number of methoxy groups -OCH3 is 1. The third kappa shape index (κ3) is 7.25. The van der Waals surface area contributed by atoms with Gasteiger partial charge in [-0.3, -0.25) is 9.69 Å². The molecule has 0 saturated carbocycles. The Morgan fingerprint density at radius 2 is 1.82 bits per heavy atom. The number of nitrogens with zero attached hydrogens (tertiary/aromatic N) is 3. The van der Waals surface area contributed by atoms with Crippen LogP contribution in [0.3, 0.4) is 0 Å². The molecule has 1 aromatic heterocycles. The van der Waals surface area contributed by atoms with Crippen LogP contribution in [0.1, 0.15) is 11.3 Å². The van der Waals surface area contributed by atoms with E-state index in [0.29, 0.717) is 61.5 Å². The van der Waals surface area contributed by atoms with Gasteiger partial charge in [0.05, 0.1) is 33.1 Å². The van der Waals surface area contributed by atoms with Crippen LogP contribution in [0.5, 0.6) is 17.2 Å². The Hall–Kier alpha value is -4.22. The van der Waals surface area contributed by atoms with Crippen molar-refractivity contribution in [3.8, 4) is 17.2 Å². The highest BCUT2D eigenvalue weighted by molar-refractivity contribution is 5.92. The molecule has 1 N–H and O–H groups in total. The molecule has 0 bridgehead atoms. The number of hydrogen-bond donors (Lipinski definition) is 1. The normalized spacial score (nSPS) is 14.5. The molecule has 40 heavy (non-hydrogen) atoms. The molecule has 2 aliphatic rings. The third-order valence-electron chi connectivity index (χ3n) is 6.81. The molecule has 0 unspecified atom stereocenters. The van der Waals surface area contributed by atoms with E-state index in [2.05, 4.69) is 10.2 Å². The number of fused-ring (bicyclic) bond motifs is 1. The molecule has 1 saturated heterocycles. The van der Waals surface area contributed by atoms with Crippen LogP contribution in [0, 0.1) is 0 Å². The van der Waals surface area contributed by atoms with Gasteiger partial charge in [0.2, 0.25) is 12.7 Å². The standard InChI is InChI=1S/C29H34N4O7/c1-36-24-5-2-4-23(17-24)30-29(35)32(10-9-31-11-14-37-15-12-31)20-28(34)33(19-25-6-3-13-38-25)18-22-7-8-26-27(16-22)40-21-39-26/h2-8,13,16-17H,9-12,14-15,18-21H2,1H3,(H,30,35). The van der Waals surface area contributed by atoms with E-state index in [0.717, 1.165) is 18.7 Å². The molecule has 0 aliphatic carbocycles. The Balaban J connectivity index is 1.32. The Bertz CT molecular complexity index is 1280. The lowest BCUT2D eigenvalue weighted by Crippen LogP contribution is -2.48. The summed E-state index contributed by atoms with van der Waals surface area (Å²) in [6.07, 6.45) is 1.58. The van der Waals surface area contributed by atoms with Crippen molar-refractivity contribution in [1.29, 1.82) is 0 Å². The van der Waals surface area contributed by atoms with Gasteiger partial charge in [-0.25, -0.2) is 4.79 Å². The van der Waals surface area contributed by atoms with E-state index in [1.165, 1.54) is 0 Å². The summed E-state index contributed by atoms with van der Waals surface area (Å²) in [4.78, 5) is 32.7. The Morgan fingerprint density at radius 3 is 2.62 bits per heavy atom. The number of urea groups is 1. The molecule has 3 amide bonds. The van der Waals surface area contributed by atoms with E-state index in [-0.39, 0.29) is 31.8 Å². The van der Waals surface area contributed by atoms with Gasteiger partial charge in [-0.1, -0.05) is 12.1 Å². The molecular formula is C29H34N4O7. The number of morpholine rings is 1. The molecule has 2 aromatic carbocycles. The summed E-state index contributed by atoms with van der Waals surface area (Å²) < 4.78 is 27.2. The molecule has 212 valence electrons. The van der Waals surface area contributed by atoms with Crippen LogP contribution in [0.25, 0.3) is 0 Å². The van der Waals surface area contributed by atoms with E-state index < -0.39 is 0 Å². The average molecular weight is 551 g/mol. The SMILES string of the molecule is COc1cccc(NC(=O)N(CCN2CCOCC2)CC(=O)N(Cc2ccc3c(c2)OCO3)Cc2ccco2)c1. The second-order valence-electron chi connectivity index (χ2n) is 9.55. The number of carbonyl (C=O) groups excluding carboxylic acids is 2. The summed E-state index contributed by atoms with van der Waals surface area (Å²) in [6.45, 7) is 4.52. The lowest BCUT2D eigenvalue weighted by atomic mass is 10.2. The van der Waals surface area contributed by atoms with Gasteiger partial charge in [-0.05, 0) is 42.0 Å². The molecule has 5 rings (SSSR count). The van der Waals surface area contributed by atoms with Crippen molar-refractivity contribution in [2.24, 2.45) is 0 Å². The highest BCUT2D eigenvalue weighted by atomic mass is 16.7. The number of furan rings is 1. The maximum atomic E-state index is 13.8. The number of benzene rings is 2. The fraction of sp³-hybridized carbons (Fsp3) is 0.379. The van der Waals surface area contributed by atoms with Gasteiger partial charge >= 0.3 is 6.03 Å². The fourth-order valence-electron chi connectivity index (χ4n) is 4.59. The first-order chi connectivity index (χ1) is 19.6. The van der Waals surface area contributed by atoms with E-state index >= 15 is 0 Å². The third-order valence-corrected chi connectivity index (χ3v) is 6.81. The minimum atomic E-state index is -0.365. The number of nitrogens with one attached hydrogen (secondary N) is 1. The van der Waals surface area contributed by atoms with Crippen LogP contribution < -0.4 is 19.5 Å². The van der Waals surface area contributed by atoms with E-state index in [1.54, 1.807) is 53.5 Å². The molecular weight excluding hydrogens is 516 g/mol. The van der Waals surface area contributed by atoms with Crippen molar-refractivity contribution in [2.45, 2.75) is 13.1 Å². The van der Waals surface area contributed by atoms with E-state index in [4.69, 9.17) is 23.4 Å². The van der Waals surface area contributed by atoms with Gasteiger partial charge in [0, 0.05) is 44.5 Å². The molecule has 0 radical (unpaired) electrons. The van der Waals surface area contributed by atoms with Gasteiger partial charge in [0.1, 0.15) is 18.1 Å². The number of anilines is 1.